The zero-order valence-electron chi connectivity index (χ0n) is 11.2. The third-order valence-electron chi connectivity index (χ3n) is 4.15. The van der Waals surface area contributed by atoms with Gasteiger partial charge < -0.3 is 19.3 Å². The van der Waals surface area contributed by atoms with Crippen molar-refractivity contribution >= 4 is 23.1 Å². The first kappa shape index (κ1) is 12.6. The average molecular weight is 297 g/mol. The highest BCUT2D eigenvalue weighted by molar-refractivity contribution is 6.32. The minimum absolute atomic E-state index is 0.359. The summed E-state index contributed by atoms with van der Waals surface area (Å²) in [6.45, 7) is 4.95. The van der Waals surface area contributed by atoms with E-state index in [1.165, 1.54) is 6.42 Å². The lowest BCUT2D eigenvalue weighted by Gasteiger charge is -2.47. The molecule has 0 aromatic carbocycles. The number of hydrogen-bond acceptors (Lipinski definition) is 6. The summed E-state index contributed by atoms with van der Waals surface area (Å²) in [4.78, 5) is 4.46. The van der Waals surface area contributed by atoms with E-state index in [0.29, 0.717) is 17.4 Å². The molecule has 2 bridgehead atoms. The van der Waals surface area contributed by atoms with Crippen LogP contribution in [0.5, 0.6) is 0 Å². The summed E-state index contributed by atoms with van der Waals surface area (Å²) >= 11 is 6.21. The number of morpholine rings is 2. The Morgan fingerprint density at radius 1 is 1.10 bits per heavy atom. The van der Waals surface area contributed by atoms with Gasteiger partial charge in [0.15, 0.2) is 11.0 Å². The highest BCUT2D eigenvalue weighted by Crippen LogP contribution is 2.33. The second kappa shape index (κ2) is 5.02. The van der Waals surface area contributed by atoms with E-state index in [2.05, 4.69) is 20.0 Å². The van der Waals surface area contributed by atoms with Crippen molar-refractivity contribution in [3.05, 3.63) is 11.2 Å². The van der Waals surface area contributed by atoms with Crippen LogP contribution in [0.4, 0.5) is 11.5 Å². The van der Waals surface area contributed by atoms with Crippen LogP contribution in [0.25, 0.3) is 0 Å². The topological polar surface area (TPSA) is 50.7 Å². The maximum atomic E-state index is 6.21. The lowest BCUT2D eigenvalue weighted by atomic mass is 9.99. The summed E-state index contributed by atoms with van der Waals surface area (Å²) in [7, 11) is 0. The van der Waals surface area contributed by atoms with E-state index in [-0.39, 0.29) is 0 Å². The monoisotopic (exact) mass is 296 g/mol. The van der Waals surface area contributed by atoms with E-state index in [9.17, 15) is 0 Å². The SMILES string of the molecule is Clc1nnc(N2CC3CC(C2)O3)cc1N1CCOCC1. The van der Waals surface area contributed by atoms with E-state index < -0.39 is 0 Å². The van der Waals surface area contributed by atoms with Crippen molar-refractivity contribution in [2.45, 2.75) is 18.6 Å². The first-order valence-corrected chi connectivity index (χ1v) is 7.44. The van der Waals surface area contributed by atoms with Crippen LogP contribution >= 0.6 is 11.6 Å². The minimum atomic E-state index is 0.359. The summed E-state index contributed by atoms with van der Waals surface area (Å²) in [6, 6.07) is 2.05. The standard InChI is InChI=1S/C13H17ClN4O2/c14-13-11(17-1-3-19-4-2-17)6-12(15-16-13)18-7-9-5-10(8-18)20-9/h6,9-10H,1-5,7-8H2. The van der Waals surface area contributed by atoms with Crippen molar-refractivity contribution in [3.63, 3.8) is 0 Å². The molecule has 1 aromatic heterocycles. The fraction of sp³-hybridized carbons (Fsp3) is 0.692. The molecule has 108 valence electrons. The number of nitrogens with zero attached hydrogens (tertiary/aromatic N) is 4. The van der Waals surface area contributed by atoms with Gasteiger partial charge in [-0.1, -0.05) is 11.6 Å². The van der Waals surface area contributed by atoms with Crippen LogP contribution in [-0.2, 0) is 9.47 Å². The normalized spacial score (nSPS) is 29.2. The average Bonchev–Trinajstić information content (AvgIpc) is 2.48. The second-order valence-electron chi connectivity index (χ2n) is 5.50. The number of aromatic nitrogens is 2. The highest BCUT2D eigenvalue weighted by Gasteiger charge is 2.39. The molecule has 2 atom stereocenters. The molecule has 0 spiro atoms. The number of ether oxygens (including phenoxy) is 2. The third kappa shape index (κ3) is 2.21. The first-order chi connectivity index (χ1) is 9.79. The molecule has 4 aliphatic rings. The van der Waals surface area contributed by atoms with Crippen molar-refractivity contribution in [1.29, 1.82) is 0 Å². The molecule has 0 N–H and O–H groups in total. The van der Waals surface area contributed by atoms with Gasteiger partial charge in [-0.25, -0.2) is 0 Å². The predicted octanol–water partition coefficient (Wildman–Crippen LogP) is 0.944. The summed E-state index contributed by atoms with van der Waals surface area (Å²) in [5, 5.41) is 8.83. The number of halogens is 1. The summed E-state index contributed by atoms with van der Waals surface area (Å²) in [5.41, 5.74) is 0.958. The Morgan fingerprint density at radius 3 is 2.50 bits per heavy atom. The molecule has 4 fully saturated rings. The van der Waals surface area contributed by atoms with Gasteiger partial charge in [0.25, 0.3) is 0 Å². The van der Waals surface area contributed by atoms with E-state index in [1.54, 1.807) is 0 Å². The Kier molecular flexibility index (Phi) is 3.17. The quantitative estimate of drug-likeness (QED) is 0.810. The fourth-order valence-electron chi connectivity index (χ4n) is 3.08. The molecule has 20 heavy (non-hydrogen) atoms. The molecule has 2 unspecified atom stereocenters. The van der Waals surface area contributed by atoms with Crippen LogP contribution in [0.3, 0.4) is 0 Å². The van der Waals surface area contributed by atoms with E-state index in [4.69, 9.17) is 21.1 Å². The van der Waals surface area contributed by atoms with Crippen LogP contribution in [0.1, 0.15) is 6.42 Å². The van der Waals surface area contributed by atoms with Gasteiger partial charge in [-0.3, -0.25) is 0 Å². The smallest absolute Gasteiger partial charge is 0.175 e. The van der Waals surface area contributed by atoms with Gasteiger partial charge in [-0.2, -0.15) is 0 Å². The molecule has 4 saturated heterocycles. The Balaban J connectivity index is 1.57. The van der Waals surface area contributed by atoms with Crippen molar-refractivity contribution in [2.24, 2.45) is 0 Å². The Hall–Kier alpha value is -1.11. The van der Waals surface area contributed by atoms with Gasteiger partial charge in [0, 0.05) is 38.7 Å². The van der Waals surface area contributed by atoms with Gasteiger partial charge in [-0.05, 0) is 0 Å². The molecule has 5 heterocycles. The van der Waals surface area contributed by atoms with Crippen molar-refractivity contribution < 1.29 is 9.47 Å². The van der Waals surface area contributed by atoms with E-state index in [0.717, 1.165) is 50.9 Å². The first-order valence-electron chi connectivity index (χ1n) is 7.06. The van der Waals surface area contributed by atoms with Gasteiger partial charge in [0.1, 0.15) is 0 Å². The van der Waals surface area contributed by atoms with Gasteiger partial charge in [0.05, 0.1) is 31.1 Å². The maximum Gasteiger partial charge on any atom is 0.175 e. The van der Waals surface area contributed by atoms with Crippen molar-refractivity contribution in [1.82, 2.24) is 10.2 Å². The van der Waals surface area contributed by atoms with Crippen LogP contribution in [-0.4, -0.2) is 61.8 Å². The fourth-order valence-corrected chi connectivity index (χ4v) is 3.29. The van der Waals surface area contributed by atoms with Crippen LogP contribution in [0.2, 0.25) is 5.15 Å². The molecule has 6 nitrogen and oxygen atoms in total. The maximum absolute atomic E-state index is 6.21. The molecule has 0 saturated carbocycles. The molecular formula is C13H17ClN4O2. The Labute approximate surface area is 122 Å². The summed E-state index contributed by atoms with van der Waals surface area (Å²) in [6.07, 6.45) is 1.89. The predicted molar refractivity (Wildman–Crippen MR) is 75.6 cm³/mol. The van der Waals surface area contributed by atoms with E-state index >= 15 is 0 Å². The molecule has 5 rings (SSSR count). The van der Waals surface area contributed by atoms with Gasteiger partial charge >= 0.3 is 0 Å². The van der Waals surface area contributed by atoms with Crippen LogP contribution in [0.15, 0.2) is 6.07 Å². The van der Waals surface area contributed by atoms with E-state index in [1.807, 2.05) is 6.07 Å². The molecule has 0 radical (unpaired) electrons. The molecule has 7 heteroatoms. The van der Waals surface area contributed by atoms with Gasteiger partial charge in [0.2, 0.25) is 0 Å². The lowest BCUT2D eigenvalue weighted by Crippen LogP contribution is -2.57. The number of rotatable bonds is 2. The number of hydrogen-bond donors (Lipinski definition) is 0. The zero-order valence-corrected chi connectivity index (χ0v) is 11.9. The minimum Gasteiger partial charge on any atom is -0.378 e. The Morgan fingerprint density at radius 2 is 1.80 bits per heavy atom. The Bertz CT molecular complexity index is 493. The van der Waals surface area contributed by atoms with Crippen molar-refractivity contribution in [3.8, 4) is 0 Å². The van der Waals surface area contributed by atoms with Crippen LogP contribution in [0, 0.1) is 0 Å². The summed E-state index contributed by atoms with van der Waals surface area (Å²) < 4.78 is 11.0. The molecule has 1 aromatic rings. The largest absolute Gasteiger partial charge is 0.378 e. The molecular weight excluding hydrogens is 280 g/mol. The summed E-state index contributed by atoms with van der Waals surface area (Å²) in [5.74, 6) is 0.897. The molecule has 0 aliphatic carbocycles. The highest BCUT2D eigenvalue weighted by atomic mass is 35.5. The zero-order chi connectivity index (χ0) is 13.5. The van der Waals surface area contributed by atoms with Gasteiger partial charge in [-0.15, -0.1) is 10.2 Å². The van der Waals surface area contributed by atoms with Crippen molar-refractivity contribution in [2.75, 3.05) is 49.2 Å². The second-order valence-corrected chi connectivity index (χ2v) is 5.86. The number of piperidine rings is 1. The number of anilines is 2. The molecule has 0 amide bonds. The number of fused-ring (bicyclic) bond motifs is 2. The molecule has 4 aliphatic heterocycles. The third-order valence-corrected chi connectivity index (χ3v) is 4.42. The lowest BCUT2D eigenvalue weighted by molar-refractivity contribution is -0.133. The van der Waals surface area contributed by atoms with Crippen LogP contribution < -0.4 is 9.80 Å².